The topological polar surface area (TPSA) is 17.1 Å². The first-order chi connectivity index (χ1) is 5.80. The van der Waals surface area contributed by atoms with E-state index in [1.54, 1.807) is 0 Å². The second-order valence-corrected chi connectivity index (χ2v) is 5.44. The standard InChI is InChI=1S/C11H14O/c12-8-6-10-3-1-4-11(10)7(2-5-10)9(8)11/h7,9H,1-6H2. The smallest absolute Gasteiger partial charge is 0.137 e. The van der Waals surface area contributed by atoms with Crippen molar-refractivity contribution in [3.63, 3.8) is 0 Å². The first-order valence-electron chi connectivity index (χ1n) is 5.33. The summed E-state index contributed by atoms with van der Waals surface area (Å²) in [5.74, 6) is 2.06. The summed E-state index contributed by atoms with van der Waals surface area (Å²) in [6, 6.07) is 0. The summed E-state index contributed by atoms with van der Waals surface area (Å²) < 4.78 is 0. The third-order valence-corrected chi connectivity index (χ3v) is 5.54. The molecular weight excluding hydrogens is 148 g/mol. The second-order valence-electron chi connectivity index (χ2n) is 5.44. The Bertz CT molecular complexity index is 287. The van der Waals surface area contributed by atoms with E-state index in [-0.39, 0.29) is 0 Å². The molecule has 1 heteroatoms. The van der Waals surface area contributed by atoms with Gasteiger partial charge in [0.2, 0.25) is 0 Å². The summed E-state index contributed by atoms with van der Waals surface area (Å²) in [6.45, 7) is 0. The van der Waals surface area contributed by atoms with Gasteiger partial charge in [0.05, 0.1) is 0 Å². The normalized spacial score (nSPS) is 65.2. The Morgan fingerprint density at radius 3 is 2.92 bits per heavy atom. The van der Waals surface area contributed by atoms with Gasteiger partial charge in [0.25, 0.3) is 0 Å². The number of carbonyl (C=O) groups excluding carboxylic acids is 1. The Balaban J connectivity index is 1.97. The highest BCUT2D eigenvalue weighted by Crippen LogP contribution is 2.87. The lowest BCUT2D eigenvalue weighted by molar-refractivity contribution is -0.120. The van der Waals surface area contributed by atoms with E-state index in [1.165, 1.54) is 32.1 Å². The Morgan fingerprint density at radius 1 is 1.25 bits per heavy atom. The van der Waals surface area contributed by atoms with Gasteiger partial charge < -0.3 is 0 Å². The van der Waals surface area contributed by atoms with Crippen LogP contribution in [0.4, 0.5) is 0 Å². The van der Waals surface area contributed by atoms with Gasteiger partial charge in [-0.25, -0.2) is 0 Å². The highest BCUT2D eigenvalue weighted by molar-refractivity contribution is 5.91. The number of rotatable bonds is 0. The molecule has 1 spiro atoms. The van der Waals surface area contributed by atoms with Gasteiger partial charge in [-0.05, 0) is 42.4 Å². The molecule has 12 heavy (non-hydrogen) atoms. The highest BCUT2D eigenvalue weighted by atomic mass is 16.1. The molecule has 0 N–H and O–H groups in total. The predicted molar refractivity (Wildman–Crippen MR) is 44.6 cm³/mol. The zero-order valence-corrected chi connectivity index (χ0v) is 7.31. The molecule has 1 nitrogen and oxygen atoms in total. The number of carbonyl (C=O) groups is 1. The van der Waals surface area contributed by atoms with Crippen molar-refractivity contribution in [3.8, 4) is 0 Å². The number of fused-ring (bicyclic) bond motifs is 1. The molecule has 0 saturated heterocycles. The van der Waals surface area contributed by atoms with Crippen LogP contribution in [0, 0.1) is 22.7 Å². The number of ketones is 1. The largest absolute Gasteiger partial charge is 0.299 e. The van der Waals surface area contributed by atoms with Crippen LogP contribution in [0.5, 0.6) is 0 Å². The molecule has 0 bridgehead atoms. The van der Waals surface area contributed by atoms with Crippen molar-refractivity contribution in [3.05, 3.63) is 0 Å². The molecule has 0 aliphatic heterocycles. The fraction of sp³-hybridized carbons (Fsp3) is 0.909. The molecule has 64 valence electrons. The fourth-order valence-corrected chi connectivity index (χ4v) is 5.31. The fourth-order valence-electron chi connectivity index (χ4n) is 5.31. The maximum atomic E-state index is 11.7. The molecule has 4 fully saturated rings. The Hall–Kier alpha value is -0.330. The minimum Gasteiger partial charge on any atom is -0.299 e. The van der Waals surface area contributed by atoms with Crippen LogP contribution in [0.1, 0.15) is 38.5 Å². The summed E-state index contributed by atoms with van der Waals surface area (Å²) in [4.78, 5) is 11.7. The van der Waals surface area contributed by atoms with Gasteiger partial charge in [-0.3, -0.25) is 4.79 Å². The third kappa shape index (κ3) is 0.348. The zero-order chi connectivity index (χ0) is 7.97. The molecule has 4 saturated carbocycles. The summed E-state index contributed by atoms with van der Waals surface area (Å²) in [5, 5.41) is 0. The van der Waals surface area contributed by atoms with Crippen LogP contribution >= 0.6 is 0 Å². The highest BCUT2D eigenvalue weighted by Gasteiger charge is 2.84. The first kappa shape index (κ1) is 6.17. The van der Waals surface area contributed by atoms with Gasteiger partial charge in [-0.15, -0.1) is 0 Å². The van der Waals surface area contributed by atoms with Crippen LogP contribution in [-0.2, 0) is 4.79 Å². The van der Waals surface area contributed by atoms with E-state index in [0.29, 0.717) is 22.5 Å². The van der Waals surface area contributed by atoms with Crippen molar-refractivity contribution >= 4 is 5.78 Å². The van der Waals surface area contributed by atoms with Crippen molar-refractivity contribution in [1.29, 1.82) is 0 Å². The van der Waals surface area contributed by atoms with E-state index in [0.717, 1.165) is 12.3 Å². The van der Waals surface area contributed by atoms with Gasteiger partial charge >= 0.3 is 0 Å². The third-order valence-electron chi connectivity index (χ3n) is 5.54. The lowest BCUT2D eigenvalue weighted by Crippen LogP contribution is -2.20. The van der Waals surface area contributed by atoms with Crippen LogP contribution in [0.15, 0.2) is 0 Å². The second kappa shape index (κ2) is 1.40. The number of hydrogen-bond acceptors (Lipinski definition) is 1. The Kier molecular flexibility index (Phi) is 0.722. The molecule has 0 heterocycles. The number of hydrogen-bond donors (Lipinski definition) is 0. The molecule has 0 aromatic heterocycles. The zero-order valence-electron chi connectivity index (χ0n) is 7.31. The molecule has 4 unspecified atom stereocenters. The van der Waals surface area contributed by atoms with Crippen LogP contribution in [0.2, 0.25) is 0 Å². The quantitative estimate of drug-likeness (QED) is 0.533. The van der Waals surface area contributed by atoms with Crippen molar-refractivity contribution < 1.29 is 4.79 Å². The molecule has 0 amide bonds. The lowest BCUT2D eigenvalue weighted by Gasteiger charge is -2.26. The minimum atomic E-state index is 0.555. The van der Waals surface area contributed by atoms with Crippen molar-refractivity contribution in [1.82, 2.24) is 0 Å². The monoisotopic (exact) mass is 162 g/mol. The Labute approximate surface area is 72.5 Å². The summed E-state index contributed by atoms with van der Waals surface area (Å²) in [5.41, 5.74) is 1.16. The van der Waals surface area contributed by atoms with Gasteiger partial charge in [-0.2, -0.15) is 0 Å². The Morgan fingerprint density at radius 2 is 2.17 bits per heavy atom. The van der Waals surface area contributed by atoms with E-state index >= 15 is 0 Å². The molecule has 0 radical (unpaired) electrons. The van der Waals surface area contributed by atoms with Crippen LogP contribution in [0.3, 0.4) is 0 Å². The number of Topliss-reactive ketones (excluding diaryl/α,β-unsaturated/α-hetero) is 1. The molecule has 0 aromatic carbocycles. The van der Waals surface area contributed by atoms with Gasteiger partial charge in [0.15, 0.2) is 0 Å². The maximum Gasteiger partial charge on any atom is 0.137 e. The van der Waals surface area contributed by atoms with Gasteiger partial charge in [-0.1, -0.05) is 6.42 Å². The summed E-state index contributed by atoms with van der Waals surface area (Å²) in [6.07, 6.45) is 7.94. The lowest BCUT2D eigenvalue weighted by atomic mass is 9.77. The van der Waals surface area contributed by atoms with Gasteiger partial charge in [0, 0.05) is 12.3 Å². The van der Waals surface area contributed by atoms with Crippen LogP contribution in [-0.4, -0.2) is 5.78 Å². The van der Waals surface area contributed by atoms with E-state index < -0.39 is 0 Å². The van der Waals surface area contributed by atoms with Crippen LogP contribution < -0.4 is 0 Å². The van der Waals surface area contributed by atoms with Crippen LogP contribution in [0.25, 0.3) is 0 Å². The molecule has 4 atom stereocenters. The minimum absolute atomic E-state index is 0.555. The van der Waals surface area contributed by atoms with Crippen molar-refractivity contribution in [2.45, 2.75) is 38.5 Å². The summed E-state index contributed by atoms with van der Waals surface area (Å²) >= 11 is 0. The van der Waals surface area contributed by atoms with E-state index in [9.17, 15) is 4.79 Å². The molecule has 4 aliphatic carbocycles. The van der Waals surface area contributed by atoms with E-state index in [4.69, 9.17) is 0 Å². The first-order valence-corrected chi connectivity index (χ1v) is 5.33. The molecule has 4 rings (SSSR count). The summed E-state index contributed by atoms with van der Waals surface area (Å²) in [7, 11) is 0. The SMILES string of the molecule is O=C1CC23CCCC24C(CC3)C14. The molecular formula is C11H14O. The van der Waals surface area contributed by atoms with E-state index in [2.05, 4.69) is 0 Å². The average Bonchev–Trinajstić information content (AvgIpc) is 2.23. The molecule has 4 aliphatic rings. The van der Waals surface area contributed by atoms with E-state index in [1.807, 2.05) is 0 Å². The van der Waals surface area contributed by atoms with Crippen molar-refractivity contribution in [2.24, 2.45) is 22.7 Å². The van der Waals surface area contributed by atoms with Gasteiger partial charge in [0.1, 0.15) is 5.78 Å². The average molecular weight is 162 g/mol. The molecule has 0 aromatic rings. The predicted octanol–water partition coefficient (Wildman–Crippen LogP) is 2.16. The van der Waals surface area contributed by atoms with Crippen molar-refractivity contribution in [2.75, 3.05) is 0 Å². The maximum absolute atomic E-state index is 11.7.